The molecule has 4 aromatic rings. The standard InChI is InChI=1S/C13H12N8.C6H11F2N/c1-15-12-11-8(3-6-21(11)19-13(14)18-12)9-4-7-20-10(17-9)2-5-16-20;1-9-4-2-3-6(7,8)5-9/h2-7H,1H3,(H3,14,15,18,19);2-5H2,1H3. The molecule has 30 heavy (non-hydrogen) atoms. The number of anilines is 2. The van der Waals surface area contributed by atoms with Gasteiger partial charge in [0.2, 0.25) is 5.95 Å². The van der Waals surface area contributed by atoms with Crippen LogP contribution in [-0.4, -0.2) is 67.2 Å². The molecular formula is C19H23F2N9. The Morgan fingerprint density at radius 2 is 1.93 bits per heavy atom. The number of fused-ring (bicyclic) bond motifs is 2. The zero-order valence-electron chi connectivity index (χ0n) is 16.8. The summed E-state index contributed by atoms with van der Waals surface area (Å²) in [6.45, 7) is 0.753. The van der Waals surface area contributed by atoms with E-state index in [1.54, 1.807) is 34.2 Å². The summed E-state index contributed by atoms with van der Waals surface area (Å²) >= 11 is 0. The maximum absolute atomic E-state index is 12.4. The van der Waals surface area contributed by atoms with Gasteiger partial charge in [0, 0.05) is 37.5 Å². The first-order chi connectivity index (χ1) is 14.4. The molecule has 0 spiro atoms. The van der Waals surface area contributed by atoms with Crippen molar-refractivity contribution in [2.24, 2.45) is 0 Å². The van der Waals surface area contributed by atoms with E-state index < -0.39 is 5.92 Å². The fourth-order valence-corrected chi connectivity index (χ4v) is 3.55. The molecule has 1 saturated heterocycles. The molecule has 0 radical (unpaired) electrons. The predicted molar refractivity (Wildman–Crippen MR) is 111 cm³/mol. The van der Waals surface area contributed by atoms with Crippen LogP contribution >= 0.6 is 0 Å². The highest BCUT2D eigenvalue weighted by Crippen LogP contribution is 2.28. The minimum Gasteiger partial charge on any atom is -0.371 e. The van der Waals surface area contributed by atoms with Crippen LogP contribution < -0.4 is 11.1 Å². The molecular weight excluding hydrogens is 392 g/mol. The molecule has 0 atom stereocenters. The highest BCUT2D eigenvalue weighted by atomic mass is 19.3. The summed E-state index contributed by atoms with van der Waals surface area (Å²) in [5.41, 5.74) is 9.08. The number of rotatable bonds is 2. The Labute approximate surface area is 171 Å². The van der Waals surface area contributed by atoms with Crippen molar-refractivity contribution in [2.75, 3.05) is 38.2 Å². The average Bonchev–Trinajstić information content (AvgIpc) is 3.32. The van der Waals surface area contributed by atoms with Gasteiger partial charge in [-0.3, -0.25) is 0 Å². The van der Waals surface area contributed by atoms with Crippen molar-refractivity contribution in [3.05, 3.63) is 36.8 Å². The van der Waals surface area contributed by atoms with E-state index in [2.05, 4.69) is 25.5 Å². The number of halogens is 2. The molecule has 9 nitrogen and oxygen atoms in total. The number of hydrogen-bond acceptors (Lipinski definition) is 7. The predicted octanol–water partition coefficient (Wildman–Crippen LogP) is 2.41. The Kier molecular flexibility index (Phi) is 5.20. The molecule has 0 saturated carbocycles. The second-order valence-electron chi connectivity index (χ2n) is 7.24. The molecule has 5 rings (SSSR count). The zero-order valence-corrected chi connectivity index (χ0v) is 16.8. The number of hydrogen-bond donors (Lipinski definition) is 2. The number of nitrogens with zero attached hydrogens (tertiary/aromatic N) is 7. The largest absolute Gasteiger partial charge is 0.371 e. The summed E-state index contributed by atoms with van der Waals surface area (Å²) in [7, 11) is 3.53. The monoisotopic (exact) mass is 415 g/mol. The molecule has 1 aliphatic rings. The molecule has 0 bridgehead atoms. The van der Waals surface area contributed by atoms with Crippen molar-refractivity contribution in [1.29, 1.82) is 0 Å². The minimum atomic E-state index is -2.42. The number of nitrogens with two attached hydrogens (primary N) is 1. The summed E-state index contributed by atoms with van der Waals surface area (Å²) in [4.78, 5) is 10.5. The lowest BCUT2D eigenvalue weighted by Gasteiger charge is -2.28. The van der Waals surface area contributed by atoms with Crippen LogP contribution in [0, 0.1) is 0 Å². The molecule has 1 fully saturated rings. The van der Waals surface area contributed by atoms with Crippen LogP contribution in [-0.2, 0) is 0 Å². The second kappa shape index (κ2) is 7.82. The molecule has 5 heterocycles. The Morgan fingerprint density at radius 3 is 2.63 bits per heavy atom. The first kappa shape index (κ1) is 20.0. The van der Waals surface area contributed by atoms with E-state index >= 15 is 0 Å². The fourth-order valence-electron chi connectivity index (χ4n) is 3.55. The van der Waals surface area contributed by atoms with E-state index in [1.165, 1.54) is 0 Å². The number of alkyl halides is 2. The fraction of sp³-hybridized carbons (Fsp3) is 0.368. The van der Waals surface area contributed by atoms with Crippen molar-refractivity contribution in [1.82, 2.24) is 34.1 Å². The molecule has 0 amide bonds. The second-order valence-corrected chi connectivity index (χ2v) is 7.24. The van der Waals surface area contributed by atoms with Gasteiger partial charge in [-0.25, -0.2) is 22.8 Å². The van der Waals surface area contributed by atoms with Crippen molar-refractivity contribution in [3.8, 4) is 11.3 Å². The molecule has 4 aromatic heterocycles. The Balaban J connectivity index is 0.000000204. The third-order valence-corrected chi connectivity index (χ3v) is 4.88. The summed E-state index contributed by atoms with van der Waals surface area (Å²) < 4.78 is 28.2. The average molecular weight is 415 g/mol. The third kappa shape index (κ3) is 4.01. The molecule has 3 N–H and O–H groups in total. The van der Waals surface area contributed by atoms with Gasteiger partial charge in [-0.15, -0.1) is 5.10 Å². The summed E-state index contributed by atoms with van der Waals surface area (Å²) in [6.07, 6.45) is 6.12. The summed E-state index contributed by atoms with van der Waals surface area (Å²) in [5.74, 6) is -1.54. The van der Waals surface area contributed by atoms with E-state index in [0.717, 1.165) is 29.0 Å². The van der Waals surface area contributed by atoms with Gasteiger partial charge in [0.15, 0.2) is 11.5 Å². The van der Waals surface area contributed by atoms with E-state index in [-0.39, 0.29) is 18.9 Å². The molecule has 0 unspecified atom stereocenters. The van der Waals surface area contributed by atoms with Crippen molar-refractivity contribution in [3.63, 3.8) is 0 Å². The summed E-state index contributed by atoms with van der Waals surface area (Å²) in [6, 6.07) is 5.71. The number of nitrogen functional groups attached to an aromatic ring is 1. The maximum atomic E-state index is 12.4. The van der Waals surface area contributed by atoms with Gasteiger partial charge in [-0.05, 0) is 32.1 Å². The SMILES string of the molecule is CN1CCCC(F)(F)C1.CNc1nc(N)nn2ccc(-c3ccn4nccc4n3)c12. The van der Waals surface area contributed by atoms with Gasteiger partial charge in [0.05, 0.1) is 18.4 Å². The molecule has 11 heteroatoms. The summed E-state index contributed by atoms with van der Waals surface area (Å²) in [5, 5.41) is 11.4. The molecule has 0 aliphatic carbocycles. The highest BCUT2D eigenvalue weighted by molar-refractivity contribution is 5.87. The lowest BCUT2D eigenvalue weighted by atomic mass is 10.1. The number of likely N-dealkylation sites (tertiary alicyclic amines) is 1. The number of piperidine rings is 1. The molecule has 158 valence electrons. The van der Waals surface area contributed by atoms with Crippen LogP contribution in [0.2, 0.25) is 0 Å². The van der Waals surface area contributed by atoms with Gasteiger partial charge in [0.25, 0.3) is 5.92 Å². The Bertz CT molecular complexity index is 1170. The first-order valence-electron chi connectivity index (χ1n) is 9.56. The smallest absolute Gasteiger partial charge is 0.260 e. The number of nitrogens with one attached hydrogen (secondary N) is 1. The minimum absolute atomic E-state index is 0.0625. The van der Waals surface area contributed by atoms with Crippen LogP contribution in [0.25, 0.3) is 22.4 Å². The molecule has 0 aromatic carbocycles. The van der Waals surface area contributed by atoms with Gasteiger partial charge in [0.1, 0.15) is 5.52 Å². The molecule has 1 aliphatic heterocycles. The van der Waals surface area contributed by atoms with Crippen LogP contribution in [0.1, 0.15) is 12.8 Å². The van der Waals surface area contributed by atoms with Gasteiger partial charge in [-0.2, -0.15) is 10.1 Å². The Morgan fingerprint density at radius 1 is 1.13 bits per heavy atom. The lowest BCUT2D eigenvalue weighted by molar-refractivity contribution is -0.0571. The van der Waals surface area contributed by atoms with E-state index in [4.69, 9.17) is 5.73 Å². The third-order valence-electron chi connectivity index (χ3n) is 4.88. The quantitative estimate of drug-likeness (QED) is 0.518. The topological polar surface area (TPSA) is 102 Å². The van der Waals surface area contributed by atoms with Crippen molar-refractivity contribution < 1.29 is 8.78 Å². The Hall–Kier alpha value is -3.34. The van der Waals surface area contributed by atoms with Gasteiger partial charge >= 0.3 is 0 Å². The van der Waals surface area contributed by atoms with Crippen LogP contribution in [0.4, 0.5) is 20.5 Å². The van der Waals surface area contributed by atoms with Crippen molar-refractivity contribution in [2.45, 2.75) is 18.8 Å². The van der Waals surface area contributed by atoms with Gasteiger partial charge < -0.3 is 16.0 Å². The van der Waals surface area contributed by atoms with Gasteiger partial charge in [-0.1, -0.05) is 0 Å². The van der Waals surface area contributed by atoms with E-state index in [1.807, 2.05) is 30.6 Å². The maximum Gasteiger partial charge on any atom is 0.260 e. The van der Waals surface area contributed by atoms with Crippen LogP contribution in [0.15, 0.2) is 36.8 Å². The van der Waals surface area contributed by atoms with E-state index in [9.17, 15) is 8.78 Å². The van der Waals surface area contributed by atoms with E-state index in [0.29, 0.717) is 12.2 Å². The number of aromatic nitrogens is 6. The normalized spacial score (nSPS) is 16.4. The highest BCUT2D eigenvalue weighted by Gasteiger charge is 2.33. The lowest BCUT2D eigenvalue weighted by Crippen LogP contribution is -2.39. The van der Waals surface area contributed by atoms with Crippen LogP contribution in [0.5, 0.6) is 0 Å². The zero-order chi connectivity index (χ0) is 21.3. The first-order valence-corrected chi connectivity index (χ1v) is 9.56. The van der Waals surface area contributed by atoms with Crippen molar-refractivity contribution >= 4 is 22.9 Å². The van der Waals surface area contributed by atoms with Crippen LogP contribution in [0.3, 0.4) is 0 Å².